The fourth-order valence-corrected chi connectivity index (χ4v) is 2.94. The van der Waals surface area contributed by atoms with Crippen molar-refractivity contribution < 1.29 is 4.79 Å². The first-order valence-corrected chi connectivity index (χ1v) is 7.14. The predicted molar refractivity (Wildman–Crippen MR) is 79.1 cm³/mol. The molecule has 1 atom stereocenters. The molecule has 0 saturated heterocycles. The molecule has 4 heteroatoms. The van der Waals surface area contributed by atoms with Crippen molar-refractivity contribution in [2.24, 2.45) is 5.73 Å². The van der Waals surface area contributed by atoms with Gasteiger partial charge in [0.05, 0.1) is 5.52 Å². The van der Waals surface area contributed by atoms with Crippen LogP contribution in [0, 0.1) is 0 Å². The van der Waals surface area contributed by atoms with Crippen LogP contribution in [0.3, 0.4) is 0 Å². The van der Waals surface area contributed by atoms with Crippen molar-refractivity contribution in [2.75, 3.05) is 0 Å². The van der Waals surface area contributed by atoms with Gasteiger partial charge in [-0.05, 0) is 36.6 Å². The van der Waals surface area contributed by atoms with Gasteiger partial charge in [-0.1, -0.05) is 25.0 Å². The van der Waals surface area contributed by atoms with E-state index in [4.69, 9.17) is 5.73 Å². The minimum Gasteiger partial charge on any atom is -0.368 e. The van der Waals surface area contributed by atoms with Gasteiger partial charge in [-0.25, -0.2) is 0 Å². The van der Waals surface area contributed by atoms with Crippen LogP contribution in [0.5, 0.6) is 0 Å². The van der Waals surface area contributed by atoms with Gasteiger partial charge < -0.3 is 5.73 Å². The lowest BCUT2D eigenvalue weighted by molar-refractivity contribution is -0.120. The molecule has 3 N–H and O–H groups in total. The third kappa shape index (κ3) is 2.65. The molecule has 1 aromatic heterocycles. The molecule has 0 aliphatic heterocycles. The van der Waals surface area contributed by atoms with Crippen LogP contribution in [0.1, 0.15) is 37.3 Å². The Labute approximate surface area is 118 Å². The van der Waals surface area contributed by atoms with Crippen LogP contribution in [0.4, 0.5) is 0 Å². The van der Waals surface area contributed by atoms with Gasteiger partial charge in [-0.3, -0.25) is 15.1 Å². The summed E-state index contributed by atoms with van der Waals surface area (Å²) in [6.07, 6.45) is 6.47. The van der Waals surface area contributed by atoms with E-state index in [1.54, 1.807) is 6.20 Å². The van der Waals surface area contributed by atoms with Crippen molar-refractivity contribution in [3.63, 3.8) is 0 Å². The van der Waals surface area contributed by atoms with Gasteiger partial charge in [0.15, 0.2) is 0 Å². The van der Waals surface area contributed by atoms with E-state index in [9.17, 15) is 4.79 Å². The van der Waals surface area contributed by atoms with Crippen LogP contribution in [0.25, 0.3) is 10.9 Å². The Kier molecular flexibility index (Phi) is 3.65. The molecule has 1 saturated carbocycles. The molecule has 104 valence electrons. The van der Waals surface area contributed by atoms with Crippen LogP contribution in [-0.4, -0.2) is 16.9 Å². The molecule has 1 aliphatic rings. The van der Waals surface area contributed by atoms with Gasteiger partial charge >= 0.3 is 0 Å². The molecule has 0 bridgehead atoms. The molecule has 0 spiro atoms. The number of carbonyl (C=O) groups excluding carboxylic acids is 1. The molecular weight excluding hydrogens is 250 g/mol. The second-order valence-electron chi connectivity index (χ2n) is 5.44. The van der Waals surface area contributed by atoms with E-state index in [0.717, 1.165) is 29.3 Å². The van der Waals surface area contributed by atoms with E-state index in [1.807, 2.05) is 30.3 Å². The number of amides is 1. The Hall–Kier alpha value is -1.94. The third-order valence-corrected chi connectivity index (χ3v) is 4.00. The molecule has 1 amide bonds. The number of benzene rings is 1. The number of nitrogens with one attached hydrogen (secondary N) is 1. The molecule has 1 unspecified atom stereocenters. The summed E-state index contributed by atoms with van der Waals surface area (Å²) >= 11 is 0. The normalized spacial score (nSPS) is 17.4. The summed E-state index contributed by atoms with van der Waals surface area (Å²) in [5, 5.41) is 4.43. The van der Waals surface area contributed by atoms with Crippen molar-refractivity contribution in [1.82, 2.24) is 10.3 Å². The van der Waals surface area contributed by atoms with Crippen molar-refractivity contribution in [2.45, 2.75) is 37.8 Å². The van der Waals surface area contributed by atoms with Gasteiger partial charge in [-0.2, -0.15) is 0 Å². The SMILES string of the molecule is NC(=O)C(NC1CCCC1)c1ccc2ncccc2c1. The van der Waals surface area contributed by atoms with E-state index in [-0.39, 0.29) is 5.91 Å². The Morgan fingerprint density at radius 2 is 2.10 bits per heavy atom. The molecular formula is C16H19N3O. The molecule has 0 radical (unpaired) electrons. The number of nitrogens with two attached hydrogens (primary N) is 1. The number of hydrogen-bond acceptors (Lipinski definition) is 3. The van der Waals surface area contributed by atoms with Gasteiger partial charge in [0, 0.05) is 17.6 Å². The zero-order chi connectivity index (χ0) is 13.9. The first-order chi connectivity index (χ1) is 9.74. The predicted octanol–water partition coefficient (Wildman–Crippen LogP) is 2.29. The number of hydrogen-bond donors (Lipinski definition) is 2. The number of fused-ring (bicyclic) bond motifs is 1. The maximum absolute atomic E-state index is 11.8. The van der Waals surface area contributed by atoms with Crippen LogP contribution in [-0.2, 0) is 4.79 Å². The van der Waals surface area contributed by atoms with E-state index in [0.29, 0.717) is 6.04 Å². The second kappa shape index (κ2) is 5.59. The lowest BCUT2D eigenvalue weighted by Gasteiger charge is -2.21. The third-order valence-electron chi connectivity index (χ3n) is 4.00. The van der Waals surface area contributed by atoms with Crippen LogP contribution in [0.15, 0.2) is 36.5 Å². The lowest BCUT2D eigenvalue weighted by Crippen LogP contribution is -2.38. The van der Waals surface area contributed by atoms with Crippen LogP contribution < -0.4 is 11.1 Å². The summed E-state index contributed by atoms with van der Waals surface area (Å²) in [6, 6.07) is 9.76. The summed E-state index contributed by atoms with van der Waals surface area (Å²) < 4.78 is 0. The summed E-state index contributed by atoms with van der Waals surface area (Å²) in [4.78, 5) is 16.1. The first kappa shape index (κ1) is 13.1. The highest BCUT2D eigenvalue weighted by Crippen LogP contribution is 2.24. The topological polar surface area (TPSA) is 68.0 Å². The Balaban J connectivity index is 1.89. The molecule has 2 aromatic rings. The molecule has 4 nitrogen and oxygen atoms in total. The smallest absolute Gasteiger partial charge is 0.239 e. The molecule has 3 rings (SSSR count). The van der Waals surface area contributed by atoms with Gasteiger partial charge in [-0.15, -0.1) is 0 Å². The first-order valence-electron chi connectivity index (χ1n) is 7.14. The maximum atomic E-state index is 11.8. The average molecular weight is 269 g/mol. The Bertz CT molecular complexity index is 620. The van der Waals surface area contributed by atoms with Crippen molar-refractivity contribution in [1.29, 1.82) is 0 Å². The minimum atomic E-state index is -0.414. The number of carbonyl (C=O) groups is 1. The Morgan fingerprint density at radius 1 is 1.30 bits per heavy atom. The monoisotopic (exact) mass is 269 g/mol. The summed E-state index contributed by atoms with van der Waals surface area (Å²) in [5.74, 6) is -0.319. The quantitative estimate of drug-likeness (QED) is 0.895. The standard InChI is InChI=1S/C16H19N3O/c17-16(20)15(19-13-5-1-2-6-13)12-7-8-14-11(10-12)4-3-9-18-14/h3-4,7-10,13,15,19H,1-2,5-6H2,(H2,17,20). The number of primary amides is 1. The second-order valence-corrected chi connectivity index (χ2v) is 5.44. The highest BCUT2D eigenvalue weighted by Gasteiger charge is 2.24. The molecule has 1 heterocycles. The average Bonchev–Trinajstić information content (AvgIpc) is 2.97. The fraction of sp³-hybridized carbons (Fsp3) is 0.375. The van der Waals surface area contributed by atoms with Gasteiger partial charge in [0.1, 0.15) is 6.04 Å². The summed E-state index contributed by atoms with van der Waals surface area (Å²) in [5.41, 5.74) is 7.43. The summed E-state index contributed by atoms with van der Waals surface area (Å²) in [7, 11) is 0. The minimum absolute atomic E-state index is 0.319. The number of nitrogens with zero attached hydrogens (tertiary/aromatic N) is 1. The highest BCUT2D eigenvalue weighted by atomic mass is 16.1. The largest absolute Gasteiger partial charge is 0.368 e. The van der Waals surface area contributed by atoms with Crippen molar-refractivity contribution in [3.05, 3.63) is 42.1 Å². The summed E-state index contributed by atoms with van der Waals surface area (Å²) in [6.45, 7) is 0. The highest BCUT2D eigenvalue weighted by molar-refractivity contribution is 5.85. The van der Waals surface area contributed by atoms with E-state index >= 15 is 0 Å². The van der Waals surface area contributed by atoms with E-state index in [2.05, 4.69) is 10.3 Å². The number of pyridine rings is 1. The lowest BCUT2D eigenvalue weighted by atomic mass is 10.0. The van der Waals surface area contributed by atoms with Gasteiger partial charge in [0.25, 0.3) is 0 Å². The van der Waals surface area contributed by atoms with Crippen LogP contribution in [0.2, 0.25) is 0 Å². The molecule has 1 fully saturated rings. The van der Waals surface area contributed by atoms with E-state index in [1.165, 1.54) is 12.8 Å². The number of aromatic nitrogens is 1. The van der Waals surface area contributed by atoms with Gasteiger partial charge in [0.2, 0.25) is 5.91 Å². The van der Waals surface area contributed by atoms with Crippen molar-refractivity contribution >= 4 is 16.8 Å². The molecule has 1 aromatic carbocycles. The zero-order valence-corrected chi connectivity index (χ0v) is 11.4. The molecule has 1 aliphatic carbocycles. The Morgan fingerprint density at radius 3 is 2.85 bits per heavy atom. The fourth-order valence-electron chi connectivity index (χ4n) is 2.94. The van der Waals surface area contributed by atoms with Crippen LogP contribution >= 0.6 is 0 Å². The van der Waals surface area contributed by atoms with Crippen molar-refractivity contribution in [3.8, 4) is 0 Å². The molecule has 20 heavy (non-hydrogen) atoms. The van der Waals surface area contributed by atoms with E-state index < -0.39 is 6.04 Å². The maximum Gasteiger partial charge on any atom is 0.239 e. The number of rotatable bonds is 4. The zero-order valence-electron chi connectivity index (χ0n) is 11.4.